The number of aromatic amines is 1. The van der Waals surface area contributed by atoms with Crippen LogP contribution in [0.15, 0.2) is 30.6 Å². The minimum Gasteiger partial charge on any atom is -0.347 e. The van der Waals surface area contributed by atoms with Gasteiger partial charge in [-0.2, -0.15) is 0 Å². The van der Waals surface area contributed by atoms with Crippen LogP contribution in [0.4, 0.5) is 9.52 Å². The van der Waals surface area contributed by atoms with Crippen molar-refractivity contribution in [1.82, 2.24) is 15.0 Å². The topological polar surface area (TPSA) is 61.9 Å². The summed E-state index contributed by atoms with van der Waals surface area (Å²) < 4.78 is 14.2. The van der Waals surface area contributed by atoms with E-state index in [-0.39, 0.29) is 17.6 Å². The molecule has 1 fully saturated rings. The number of hydrogen-bond donors (Lipinski definition) is 1. The number of anilines is 1. The Morgan fingerprint density at radius 1 is 1.32 bits per heavy atom. The number of thiazole rings is 1. The first kappa shape index (κ1) is 16.2. The molecule has 0 aliphatic heterocycles. The van der Waals surface area contributed by atoms with Crippen LogP contribution in [0.1, 0.15) is 37.9 Å². The highest BCUT2D eigenvalue weighted by Crippen LogP contribution is 2.33. The number of imidazole rings is 1. The van der Waals surface area contributed by atoms with Crippen molar-refractivity contribution in [2.75, 3.05) is 4.90 Å². The summed E-state index contributed by atoms with van der Waals surface area (Å²) in [7, 11) is 0. The van der Waals surface area contributed by atoms with Crippen LogP contribution in [0.5, 0.6) is 0 Å². The van der Waals surface area contributed by atoms with Crippen molar-refractivity contribution in [2.45, 2.75) is 38.6 Å². The van der Waals surface area contributed by atoms with Gasteiger partial charge >= 0.3 is 0 Å². The van der Waals surface area contributed by atoms with Gasteiger partial charge in [-0.3, -0.25) is 9.69 Å². The minimum absolute atomic E-state index is 0.0347. The molecular weight excluding hydrogens is 339 g/mol. The SMILES string of the molecule is O=C(C1CCCCC1)N(Cc1ncc[nH]1)c1nc2ccc(F)cc2s1. The molecular formula is C18H19FN4OS. The standard InChI is InChI=1S/C18H19FN4OS/c19-13-6-7-14-15(10-13)25-18(22-14)23(11-16-20-8-9-21-16)17(24)12-4-2-1-3-5-12/h6-10,12H,1-5,11H2,(H,20,21). The van der Waals surface area contributed by atoms with E-state index in [0.717, 1.165) is 36.2 Å². The summed E-state index contributed by atoms with van der Waals surface area (Å²) in [6.07, 6.45) is 8.65. The molecule has 5 nitrogen and oxygen atoms in total. The lowest BCUT2D eigenvalue weighted by atomic mass is 9.88. The molecule has 1 aromatic carbocycles. The Morgan fingerprint density at radius 3 is 2.92 bits per heavy atom. The predicted octanol–water partition coefficient (Wildman–Crippen LogP) is 4.27. The van der Waals surface area contributed by atoms with Gasteiger partial charge in [0.05, 0.1) is 16.8 Å². The first-order chi connectivity index (χ1) is 12.2. The van der Waals surface area contributed by atoms with E-state index in [4.69, 9.17) is 0 Å². The maximum absolute atomic E-state index is 13.5. The summed E-state index contributed by atoms with van der Waals surface area (Å²) in [5.74, 6) is 0.552. The third-order valence-electron chi connectivity index (χ3n) is 4.65. The fourth-order valence-corrected chi connectivity index (χ4v) is 4.34. The van der Waals surface area contributed by atoms with E-state index >= 15 is 0 Å². The number of H-pyrrole nitrogens is 1. The Kier molecular flexibility index (Phi) is 4.48. The number of fused-ring (bicyclic) bond motifs is 1. The van der Waals surface area contributed by atoms with E-state index < -0.39 is 0 Å². The molecule has 130 valence electrons. The largest absolute Gasteiger partial charge is 0.347 e. The number of benzene rings is 1. The van der Waals surface area contributed by atoms with Crippen LogP contribution in [0.3, 0.4) is 0 Å². The summed E-state index contributed by atoms with van der Waals surface area (Å²) in [6, 6.07) is 4.51. The number of nitrogens with zero attached hydrogens (tertiary/aromatic N) is 3. The summed E-state index contributed by atoms with van der Waals surface area (Å²) in [4.78, 5) is 26.7. The van der Waals surface area contributed by atoms with Crippen molar-refractivity contribution < 1.29 is 9.18 Å². The Hall–Kier alpha value is -2.28. The van der Waals surface area contributed by atoms with Crippen molar-refractivity contribution >= 4 is 32.6 Å². The zero-order chi connectivity index (χ0) is 17.2. The average Bonchev–Trinajstić information content (AvgIpc) is 3.28. The second kappa shape index (κ2) is 6.92. The summed E-state index contributed by atoms with van der Waals surface area (Å²) in [5, 5.41) is 0.604. The van der Waals surface area contributed by atoms with Crippen LogP contribution in [-0.2, 0) is 11.3 Å². The molecule has 2 heterocycles. The number of halogens is 1. The van der Waals surface area contributed by atoms with Crippen LogP contribution in [0.25, 0.3) is 10.2 Å². The van der Waals surface area contributed by atoms with Crippen molar-refractivity contribution in [3.8, 4) is 0 Å². The van der Waals surface area contributed by atoms with Crippen LogP contribution in [0.2, 0.25) is 0 Å². The Balaban J connectivity index is 1.68. The minimum atomic E-state index is -0.293. The van der Waals surface area contributed by atoms with Gasteiger partial charge in [0.25, 0.3) is 0 Å². The molecule has 3 aromatic rings. The number of rotatable bonds is 4. The highest BCUT2D eigenvalue weighted by Gasteiger charge is 2.29. The molecule has 1 amide bonds. The molecule has 1 aliphatic carbocycles. The molecule has 0 unspecified atom stereocenters. The monoisotopic (exact) mass is 358 g/mol. The number of carbonyl (C=O) groups is 1. The highest BCUT2D eigenvalue weighted by atomic mass is 32.1. The zero-order valence-corrected chi connectivity index (χ0v) is 14.6. The van der Waals surface area contributed by atoms with Crippen molar-refractivity contribution in [2.24, 2.45) is 5.92 Å². The number of carbonyl (C=O) groups excluding carboxylic acids is 1. The summed E-state index contributed by atoms with van der Waals surface area (Å²) in [6.45, 7) is 0.352. The predicted molar refractivity (Wildman–Crippen MR) is 95.9 cm³/mol. The molecule has 1 saturated carbocycles. The third-order valence-corrected chi connectivity index (χ3v) is 5.69. The molecule has 0 saturated heterocycles. The third kappa shape index (κ3) is 3.42. The molecule has 2 aromatic heterocycles. The molecule has 25 heavy (non-hydrogen) atoms. The van der Waals surface area contributed by atoms with Gasteiger partial charge in [-0.05, 0) is 31.0 Å². The van der Waals surface area contributed by atoms with Gasteiger partial charge in [0.15, 0.2) is 5.13 Å². The van der Waals surface area contributed by atoms with E-state index in [1.54, 1.807) is 23.4 Å². The maximum Gasteiger partial charge on any atom is 0.232 e. The van der Waals surface area contributed by atoms with Gasteiger partial charge < -0.3 is 4.98 Å². The summed E-state index contributed by atoms with van der Waals surface area (Å²) in [5.41, 5.74) is 0.710. The van der Waals surface area contributed by atoms with E-state index in [2.05, 4.69) is 15.0 Å². The normalized spacial score (nSPS) is 15.6. The van der Waals surface area contributed by atoms with Crippen LogP contribution < -0.4 is 4.90 Å². The first-order valence-electron chi connectivity index (χ1n) is 8.56. The maximum atomic E-state index is 13.5. The quantitative estimate of drug-likeness (QED) is 0.757. The van der Waals surface area contributed by atoms with Crippen molar-refractivity contribution in [1.29, 1.82) is 0 Å². The van der Waals surface area contributed by atoms with E-state index in [1.807, 2.05) is 0 Å². The fraction of sp³-hybridized carbons (Fsp3) is 0.389. The van der Waals surface area contributed by atoms with Gasteiger partial charge in [-0.1, -0.05) is 30.6 Å². The molecule has 1 N–H and O–H groups in total. The van der Waals surface area contributed by atoms with Crippen LogP contribution in [-0.4, -0.2) is 20.9 Å². The zero-order valence-electron chi connectivity index (χ0n) is 13.7. The van der Waals surface area contributed by atoms with Gasteiger partial charge in [0.2, 0.25) is 5.91 Å². The van der Waals surface area contributed by atoms with Crippen LogP contribution >= 0.6 is 11.3 Å². The second-order valence-corrected chi connectivity index (χ2v) is 7.41. The van der Waals surface area contributed by atoms with Gasteiger partial charge in [-0.25, -0.2) is 14.4 Å². The lowest BCUT2D eigenvalue weighted by molar-refractivity contribution is -0.123. The van der Waals surface area contributed by atoms with E-state index in [9.17, 15) is 9.18 Å². The number of hydrogen-bond acceptors (Lipinski definition) is 4. The number of amides is 1. The fourth-order valence-electron chi connectivity index (χ4n) is 3.35. The smallest absolute Gasteiger partial charge is 0.232 e. The van der Waals surface area contributed by atoms with Gasteiger partial charge in [0, 0.05) is 18.3 Å². The molecule has 0 atom stereocenters. The average molecular weight is 358 g/mol. The molecule has 0 bridgehead atoms. The number of aromatic nitrogens is 3. The molecule has 0 spiro atoms. The molecule has 0 radical (unpaired) electrons. The van der Waals surface area contributed by atoms with Crippen molar-refractivity contribution in [3.05, 3.63) is 42.2 Å². The first-order valence-corrected chi connectivity index (χ1v) is 9.38. The number of nitrogens with one attached hydrogen (secondary N) is 1. The molecule has 4 rings (SSSR count). The Bertz CT molecular complexity index is 870. The second-order valence-electron chi connectivity index (χ2n) is 6.40. The molecule has 1 aliphatic rings. The van der Waals surface area contributed by atoms with Crippen LogP contribution in [0, 0.1) is 11.7 Å². The Labute approximate surface area is 148 Å². The lowest BCUT2D eigenvalue weighted by Gasteiger charge is -2.27. The lowest BCUT2D eigenvalue weighted by Crippen LogP contribution is -2.37. The van der Waals surface area contributed by atoms with E-state index in [0.29, 0.717) is 17.2 Å². The Morgan fingerprint density at radius 2 is 2.16 bits per heavy atom. The van der Waals surface area contributed by atoms with Gasteiger partial charge in [-0.15, -0.1) is 0 Å². The summed E-state index contributed by atoms with van der Waals surface area (Å²) >= 11 is 1.35. The highest BCUT2D eigenvalue weighted by molar-refractivity contribution is 7.22. The van der Waals surface area contributed by atoms with Gasteiger partial charge in [0.1, 0.15) is 11.6 Å². The van der Waals surface area contributed by atoms with Crippen molar-refractivity contribution in [3.63, 3.8) is 0 Å². The van der Waals surface area contributed by atoms with E-state index in [1.165, 1.54) is 29.9 Å². The molecule has 7 heteroatoms.